The number of hydrogen-bond donors (Lipinski definition) is 0. The third-order valence-corrected chi connectivity index (χ3v) is 1.71. The van der Waals surface area contributed by atoms with Gasteiger partial charge in [-0.15, -0.1) is 0 Å². The van der Waals surface area contributed by atoms with Crippen LogP contribution in [0.1, 0.15) is 43.5 Å². The molecule has 2 nitrogen and oxygen atoms in total. The Morgan fingerprint density at radius 1 is 1.38 bits per heavy atom. The van der Waals surface area contributed by atoms with Gasteiger partial charge in [0.25, 0.3) is 0 Å². The van der Waals surface area contributed by atoms with Crippen LogP contribution in [0.5, 0.6) is 0 Å². The zero-order chi connectivity index (χ0) is 10.1. The smallest absolute Gasteiger partial charge is 0.198 e. The first-order chi connectivity index (χ1) is 5.88. The molecule has 0 radical (unpaired) electrons. The van der Waals surface area contributed by atoms with Crippen molar-refractivity contribution >= 4 is 5.78 Å². The van der Waals surface area contributed by atoms with E-state index in [1.54, 1.807) is 6.07 Å². The van der Waals surface area contributed by atoms with Gasteiger partial charge >= 0.3 is 0 Å². The first-order valence-electron chi connectivity index (χ1n) is 4.48. The SMILES string of the molecule is Cc1ccc(C(=O)CC(C)(C)C)o1. The molecule has 0 amide bonds. The van der Waals surface area contributed by atoms with Crippen LogP contribution in [0, 0.1) is 12.3 Å². The van der Waals surface area contributed by atoms with Crippen molar-refractivity contribution in [1.29, 1.82) is 0 Å². The minimum absolute atomic E-state index is 0.0256. The van der Waals surface area contributed by atoms with E-state index >= 15 is 0 Å². The molecule has 2 heteroatoms. The summed E-state index contributed by atoms with van der Waals surface area (Å²) in [6, 6.07) is 3.55. The van der Waals surface area contributed by atoms with Gasteiger partial charge in [-0.3, -0.25) is 4.79 Å². The van der Waals surface area contributed by atoms with E-state index in [0.717, 1.165) is 5.76 Å². The maximum absolute atomic E-state index is 11.6. The summed E-state index contributed by atoms with van der Waals surface area (Å²) >= 11 is 0. The molecule has 0 aliphatic heterocycles. The largest absolute Gasteiger partial charge is 0.458 e. The van der Waals surface area contributed by atoms with Crippen molar-refractivity contribution < 1.29 is 9.21 Å². The fraction of sp³-hybridized carbons (Fsp3) is 0.545. The maximum Gasteiger partial charge on any atom is 0.198 e. The molecule has 0 saturated carbocycles. The molecule has 0 unspecified atom stereocenters. The summed E-state index contributed by atoms with van der Waals surface area (Å²) in [7, 11) is 0. The lowest BCUT2D eigenvalue weighted by molar-refractivity contribution is 0.0911. The number of carbonyl (C=O) groups excluding carboxylic acids is 1. The summed E-state index contributed by atoms with van der Waals surface area (Å²) in [4.78, 5) is 11.6. The Hall–Kier alpha value is -1.05. The highest BCUT2D eigenvalue weighted by molar-refractivity contribution is 5.93. The lowest BCUT2D eigenvalue weighted by atomic mass is 9.89. The first kappa shape index (κ1) is 10.0. The molecule has 72 valence electrons. The Morgan fingerprint density at radius 3 is 2.38 bits per heavy atom. The summed E-state index contributed by atoms with van der Waals surface area (Å²) in [6.45, 7) is 7.97. The van der Waals surface area contributed by atoms with Gasteiger partial charge in [0.1, 0.15) is 5.76 Å². The Morgan fingerprint density at radius 2 is 2.00 bits per heavy atom. The van der Waals surface area contributed by atoms with E-state index in [1.165, 1.54) is 0 Å². The van der Waals surface area contributed by atoms with E-state index in [0.29, 0.717) is 12.2 Å². The lowest BCUT2D eigenvalue weighted by Crippen LogP contribution is -2.12. The minimum Gasteiger partial charge on any atom is -0.458 e. The standard InChI is InChI=1S/C11H16O2/c1-8-5-6-10(13-8)9(12)7-11(2,3)4/h5-6H,7H2,1-4H3. The molecule has 0 N–H and O–H groups in total. The third-order valence-electron chi connectivity index (χ3n) is 1.71. The number of Topliss-reactive ketones (excluding diaryl/α,β-unsaturated/α-hetero) is 1. The molecule has 0 aliphatic rings. The van der Waals surface area contributed by atoms with Crippen LogP contribution in [0.3, 0.4) is 0 Å². The van der Waals surface area contributed by atoms with Gasteiger partial charge in [-0.2, -0.15) is 0 Å². The van der Waals surface area contributed by atoms with E-state index in [-0.39, 0.29) is 11.2 Å². The predicted octanol–water partition coefficient (Wildman–Crippen LogP) is 3.21. The highest BCUT2D eigenvalue weighted by Crippen LogP contribution is 2.22. The summed E-state index contributed by atoms with van der Waals surface area (Å²) < 4.78 is 5.24. The van der Waals surface area contributed by atoms with Gasteiger partial charge in [0, 0.05) is 6.42 Å². The van der Waals surface area contributed by atoms with Crippen LogP contribution in [0.25, 0.3) is 0 Å². The van der Waals surface area contributed by atoms with Gasteiger partial charge in [0.2, 0.25) is 0 Å². The Bertz CT molecular complexity index is 302. The molecule has 1 rings (SSSR count). The van der Waals surface area contributed by atoms with E-state index in [1.807, 2.05) is 33.8 Å². The van der Waals surface area contributed by atoms with Gasteiger partial charge in [-0.05, 0) is 24.5 Å². The topological polar surface area (TPSA) is 30.2 Å². The highest BCUT2D eigenvalue weighted by atomic mass is 16.3. The number of rotatable bonds is 2. The molecule has 0 saturated heterocycles. The Labute approximate surface area is 78.9 Å². The number of aryl methyl sites for hydroxylation is 1. The molecule has 0 bridgehead atoms. The van der Waals surface area contributed by atoms with Crippen LogP contribution in [-0.2, 0) is 0 Å². The molecule has 1 aromatic rings. The van der Waals surface area contributed by atoms with Crippen LogP contribution < -0.4 is 0 Å². The van der Waals surface area contributed by atoms with Crippen molar-refractivity contribution in [3.8, 4) is 0 Å². The zero-order valence-electron chi connectivity index (χ0n) is 8.68. The van der Waals surface area contributed by atoms with Gasteiger partial charge in [-0.1, -0.05) is 20.8 Å². The quantitative estimate of drug-likeness (QED) is 0.654. The van der Waals surface area contributed by atoms with Crippen LogP contribution in [0.15, 0.2) is 16.5 Å². The predicted molar refractivity (Wildman–Crippen MR) is 51.8 cm³/mol. The fourth-order valence-electron chi connectivity index (χ4n) is 1.15. The number of furan rings is 1. The zero-order valence-corrected chi connectivity index (χ0v) is 8.68. The second-order valence-electron chi connectivity index (χ2n) is 4.57. The van der Waals surface area contributed by atoms with Crippen molar-refractivity contribution in [2.24, 2.45) is 5.41 Å². The number of carbonyl (C=O) groups is 1. The molecule has 0 aliphatic carbocycles. The second kappa shape index (κ2) is 3.36. The van der Waals surface area contributed by atoms with Gasteiger partial charge in [0.05, 0.1) is 0 Å². The summed E-state index contributed by atoms with van der Waals surface area (Å²) in [5.74, 6) is 1.35. The van der Waals surface area contributed by atoms with Crippen LogP contribution >= 0.6 is 0 Å². The second-order valence-corrected chi connectivity index (χ2v) is 4.57. The van der Waals surface area contributed by atoms with Gasteiger partial charge < -0.3 is 4.42 Å². The number of hydrogen-bond acceptors (Lipinski definition) is 2. The van der Waals surface area contributed by atoms with Crippen molar-refractivity contribution in [1.82, 2.24) is 0 Å². The highest BCUT2D eigenvalue weighted by Gasteiger charge is 2.19. The van der Waals surface area contributed by atoms with Gasteiger partial charge in [0.15, 0.2) is 11.5 Å². The van der Waals surface area contributed by atoms with Crippen molar-refractivity contribution in [3.05, 3.63) is 23.7 Å². The Kier molecular flexibility index (Phi) is 2.60. The molecule has 13 heavy (non-hydrogen) atoms. The molecular formula is C11H16O2. The molecule has 0 fully saturated rings. The third kappa shape index (κ3) is 3.05. The summed E-state index contributed by atoms with van der Waals surface area (Å²) in [6.07, 6.45) is 0.528. The van der Waals surface area contributed by atoms with Gasteiger partial charge in [-0.25, -0.2) is 0 Å². The molecule has 0 aromatic carbocycles. The molecule has 1 aromatic heterocycles. The number of ketones is 1. The fourth-order valence-corrected chi connectivity index (χ4v) is 1.15. The monoisotopic (exact) mass is 180 g/mol. The summed E-state index contributed by atoms with van der Waals surface area (Å²) in [5.41, 5.74) is 0.0256. The summed E-state index contributed by atoms with van der Waals surface area (Å²) in [5, 5.41) is 0. The van der Waals surface area contributed by atoms with E-state index in [4.69, 9.17) is 4.42 Å². The van der Waals surface area contributed by atoms with Crippen molar-refractivity contribution in [2.75, 3.05) is 0 Å². The molecule has 1 heterocycles. The van der Waals surface area contributed by atoms with Crippen LogP contribution in [-0.4, -0.2) is 5.78 Å². The van der Waals surface area contributed by atoms with E-state index in [2.05, 4.69) is 0 Å². The molecule has 0 atom stereocenters. The first-order valence-corrected chi connectivity index (χ1v) is 4.48. The van der Waals surface area contributed by atoms with Crippen molar-refractivity contribution in [2.45, 2.75) is 34.1 Å². The average molecular weight is 180 g/mol. The lowest BCUT2D eigenvalue weighted by Gasteiger charge is -2.15. The normalized spacial score (nSPS) is 11.7. The maximum atomic E-state index is 11.6. The van der Waals surface area contributed by atoms with Crippen LogP contribution in [0.2, 0.25) is 0 Å². The molecule has 0 spiro atoms. The average Bonchev–Trinajstić information content (AvgIpc) is 2.31. The van der Waals surface area contributed by atoms with Crippen molar-refractivity contribution in [3.63, 3.8) is 0 Å². The molecular weight excluding hydrogens is 164 g/mol. The van der Waals surface area contributed by atoms with Crippen LogP contribution in [0.4, 0.5) is 0 Å². The minimum atomic E-state index is 0.0256. The Balaban J connectivity index is 2.70. The van der Waals surface area contributed by atoms with E-state index < -0.39 is 0 Å². The van der Waals surface area contributed by atoms with E-state index in [9.17, 15) is 4.79 Å².